The first-order chi connectivity index (χ1) is 33.1. The van der Waals surface area contributed by atoms with E-state index in [4.69, 9.17) is 9.97 Å². The number of carbonyl (C=O) groups is 4. The Balaban J connectivity index is 0.614. The van der Waals surface area contributed by atoms with E-state index in [-0.39, 0.29) is 47.1 Å². The van der Waals surface area contributed by atoms with Crippen molar-refractivity contribution in [3.8, 4) is 0 Å². The summed E-state index contributed by atoms with van der Waals surface area (Å²) in [4.78, 5) is 91.8. The first-order valence-electron chi connectivity index (χ1n) is 25.2. The zero-order chi connectivity index (χ0) is 46.9. The van der Waals surface area contributed by atoms with Gasteiger partial charge in [-0.25, -0.2) is 9.97 Å². The molecule has 1 unspecified atom stereocenters. The second kappa shape index (κ2) is 20.1. The largest absolute Gasteiger partial charge is 0.369 e. The maximum atomic E-state index is 13.6. The fourth-order valence-electron chi connectivity index (χ4n) is 11.7. The molecule has 1 saturated carbocycles. The molecule has 4 saturated heterocycles. The van der Waals surface area contributed by atoms with E-state index >= 15 is 0 Å². The topological polar surface area (TPSA) is 172 Å². The minimum Gasteiger partial charge on any atom is -0.369 e. The molecule has 8 heterocycles. The predicted octanol–water partition coefficient (Wildman–Crippen LogP) is 4.75. The molecule has 1 aromatic carbocycles. The lowest BCUT2D eigenvalue weighted by atomic mass is 9.95. The number of rotatable bonds is 14. The van der Waals surface area contributed by atoms with Crippen molar-refractivity contribution in [1.29, 1.82) is 0 Å². The van der Waals surface area contributed by atoms with Crippen LogP contribution in [0, 0.1) is 12.8 Å². The number of likely N-dealkylation sites (tertiary alicyclic amines) is 1. The average molecular weight is 927 g/mol. The number of benzene rings is 1. The summed E-state index contributed by atoms with van der Waals surface area (Å²) < 4.78 is 1.74. The van der Waals surface area contributed by atoms with Gasteiger partial charge in [0.1, 0.15) is 17.5 Å². The van der Waals surface area contributed by atoms with Crippen LogP contribution in [0.4, 0.5) is 23.1 Å². The highest BCUT2D eigenvalue weighted by molar-refractivity contribution is 6.05. The van der Waals surface area contributed by atoms with Crippen LogP contribution in [0.25, 0.3) is 11.0 Å². The van der Waals surface area contributed by atoms with Crippen molar-refractivity contribution < 1.29 is 19.2 Å². The number of ketones is 1. The van der Waals surface area contributed by atoms with Crippen LogP contribution in [0.15, 0.2) is 47.5 Å². The molecule has 5 aliphatic heterocycles. The minimum absolute atomic E-state index is 0.0265. The van der Waals surface area contributed by atoms with E-state index in [1.807, 2.05) is 31.3 Å². The molecular weight excluding hydrogens is 861 g/mol. The SMILES string of the molecule is CC(=O)c1c(C)c2cnc(Nc3ccc(N4CCN(CCCCN5CCC(CN6CCN(c7ccc8c(c7)CN(C7CCC(=O)NC7=O)C8=O)CC6)CC5)CC4)cn3)nc2n(C2CCCC2)c1=O. The molecule has 2 N–H and O–H groups in total. The Kier molecular flexibility index (Phi) is 13.6. The van der Waals surface area contributed by atoms with E-state index in [1.54, 1.807) is 15.7 Å². The van der Waals surface area contributed by atoms with E-state index in [2.05, 4.69) is 52.2 Å². The molecule has 5 fully saturated rings. The van der Waals surface area contributed by atoms with Crippen molar-refractivity contribution in [2.45, 2.75) is 96.7 Å². The van der Waals surface area contributed by atoms with Gasteiger partial charge in [0.2, 0.25) is 17.8 Å². The van der Waals surface area contributed by atoms with E-state index < -0.39 is 6.04 Å². The number of nitrogens with zero attached hydrogens (tertiary/aromatic N) is 10. The van der Waals surface area contributed by atoms with Gasteiger partial charge in [0.05, 0.1) is 17.4 Å². The standard InChI is InChI=1S/C51H66N12O5/c1-34-42-31-53-51(56-47(42)63(38-7-3-4-8-38)50(68)46(34)35(2)64)54-44-13-10-40(30-52-44)61-25-21-58(22-26-61)18-6-5-17-57-19-15-36(16-20-57)32-59-23-27-60(28-24-59)39-9-11-41-37(29-39)33-62(49(41)67)43-12-14-45(65)55-48(43)66/h9-11,13,29-31,36,38,43H,3-8,12,14-28,32-33H2,1-2H3,(H,55,65,66)(H,52,53,54,56). The minimum atomic E-state index is -0.587. The van der Waals surface area contributed by atoms with Gasteiger partial charge in [0.15, 0.2) is 5.78 Å². The summed E-state index contributed by atoms with van der Waals surface area (Å²) in [6.07, 6.45) is 13.1. The fourth-order valence-corrected chi connectivity index (χ4v) is 11.7. The second-order valence-electron chi connectivity index (χ2n) is 20.0. The molecule has 3 amide bonds. The Morgan fingerprint density at radius 2 is 1.44 bits per heavy atom. The molecule has 17 heteroatoms. The molecule has 6 aliphatic rings. The number of nitrogens with one attached hydrogen (secondary N) is 2. The Morgan fingerprint density at radius 3 is 2.12 bits per heavy atom. The molecule has 1 aliphatic carbocycles. The number of amides is 3. The number of hydrogen-bond donors (Lipinski definition) is 2. The molecule has 10 rings (SSSR count). The summed E-state index contributed by atoms with van der Waals surface area (Å²) in [6, 6.07) is 9.58. The van der Waals surface area contributed by atoms with Gasteiger partial charge in [-0.1, -0.05) is 12.8 Å². The lowest BCUT2D eigenvalue weighted by Crippen LogP contribution is -2.52. The summed E-state index contributed by atoms with van der Waals surface area (Å²) in [6.45, 7) is 17.5. The summed E-state index contributed by atoms with van der Waals surface area (Å²) in [7, 11) is 0. The lowest BCUT2D eigenvalue weighted by molar-refractivity contribution is -0.136. The maximum absolute atomic E-state index is 13.6. The van der Waals surface area contributed by atoms with Crippen molar-refractivity contribution in [2.75, 3.05) is 100 Å². The van der Waals surface area contributed by atoms with Crippen molar-refractivity contribution in [3.63, 3.8) is 0 Å². The van der Waals surface area contributed by atoms with Crippen LogP contribution >= 0.6 is 0 Å². The van der Waals surface area contributed by atoms with Gasteiger partial charge < -0.3 is 24.9 Å². The monoisotopic (exact) mass is 927 g/mol. The molecule has 1 atom stereocenters. The summed E-state index contributed by atoms with van der Waals surface area (Å²) in [5, 5.41) is 6.37. The number of carbonyl (C=O) groups excluding carboxylic acids is 4. The third-order valence-electron chi connectivity index (χ3n) is 15.6. The van der Waals surface area contributed by atoms with Gasteiger partial charge in [0.25, 0.3) is 11.5 Å². The van der Waals surface area contributed by atoms with Crippen molar-refractivity contribution in [1.82, 2.24) is 44.4 Å². The van der Waals surface area contributed by atoms with Crippen LogP contribution in [-0.4, -0.2) is 154 Å². The van der Waals surface area contributed by atoms with Crippen LogP contribution in [0.5, 0.6) is 0 Å². The van der Waals surface area contributed by atoms with Gasteiger partial charge in [-0.2, -0.15) is 4.98 Å². The molecule has 0 bridgehead atoms. The first-order valence-corrected chi connectivity index (χ1v) is 25.2. The number of fused-ring (bicyclic) bond motifs is 2. The fraction of sp³-hybridized carbons (Fsp3) is 0.569. The van der Waals surface area contributed by atoms with Crippen molar-refractivity contribution >= 4 is 57.7 Å². The van der Waals surface area contributed by atoms with Crippen molar-refractivity contribution in [2.24, 2.45) is 5.92 Å². The van der Waals surface area contributed by atoms with Crippen LogP contribution in [-0.2, 0) is 16.1 Å². The van der Waals surface area contributed by atoms with Crippen LogP contribution in [0.1, 0.15) is 109 Å². The summed E-state index contributed by atoms with van der Waals surface area (Å²) >= 11 is 0. The van der Waals surface area contributed by atoms with E-state index in [9.17, 15) is 24.0 Å². The third kappa shape index (κ3) is 9.74. The average Bonchev–Trinajstić information content (AvgIpc) is 3.99. The van der Waals surface area contributed by atoms with E-state index in [0.29, 0.717) is 41.5 Å². The molecule has 3 aromatic heterocycles. The van der Waals surface area contributed by atoms with E-state index in [0.717, 1.165) is 113 Å². The summed E-state index contributed by atoms with van der Waals surface area (Å²) in [5.41, 5.74) is 5.04. The van der Waals surface area contributed by atoms with Crippen LogP contribution in [0.3, 0.4) is 0 Å². The molecular formula is C51H66N12O5. The lowest BCUT2D eigenvalue weighted by Gasteiger charge is -2.39. The number of imide groups is 1. The van der Waals surface area contributed by atoms with Crippen molar-refractivity contribution in [3.05, 3.63) is 75.3 Å². The Bertz CT molecular complexity index is 2590. The number of aromatic nitrogens is 4. The number of piperidine rings is 2. The van der Waals surface area contributed by atoms with Gasteiger partial charge in [-0.15, -0.1) is 0 Å². The van der Waals surface area contributed by atoms with Gasteiger partial charge in [-0.3, -0.25) is 43.7 Å². The van der Waals surface area contributed by atoms with Crippen LogP contribution < -0.4 is 26.0 Å². The Hall–Kier alpha value is -5.78. The van der Waals surface area contributed by atoms with Crippen LogP contribution in [0.2, 0.25) is 0 Å². The highest BCUT2D eigenvalue weighted by Crippen LogP contribution is 2.34. The van der Waals surface area contributed by atoms with Gasteiger partial charge >= 0.3 is 0 Å². The Morgan fingerprint density at radius 1 is 0.765 bits per heavy atom. The number of unbranched alkanes of at least 4 members (excludes halogenated alkanes) is 1. The molecule has 0 radical (unpaired) electrons. The molecule has 68 heavy (non-hydrogen) atoms. The van der Waals surface area contributed by atoms with Gasteiger partial charge in [0, 0.05) is 101 Å². The second-order valence-corrected chi connectivity index (χ2v) is 20.0. The molecule has 4 aromatic rings. The summed E-state index contributed by atoms with van der Waals surface area (Å²) in [5.74, 6) is 0.767. The normalized spacial score (nSPS) is 21.5. The number of Topliss-reactive ketones (excluding diaryl/α,β-unsaturated/α-hetero) is 1. The number of anilines is 4. The number of aryl methyl sites for hydroxylation is 1. The van der Waals surface area contributed by atoms with E-state index in [1.165, 1.54) is 58.8 Å². The highest BCUT2D eigenvalue weighted by atomic mass is 16.2. The first kappa shape index (κ1) is 46.0. The smallest absolute Gasteiger partial charge is 0.263 e. The predicted molar refractivity (Wildman–Crippen MR) is 262 cm³/mol. The maximum Gasteiger partial charge on any atom is 0.263 e. The molecule has 17 nitrogen and oxygen atoms in total. The number of piperazine rings is 2. The highest BCUT2D eigenvalue weighted by Gasteiger charge is 2.39. The zero-order valence-corrected chi connectivity index (χ0v) is 39.8. The quantitative estimate of drug-likeness (QED) is 0.101. The third-order valence-corrected chi connectivity index (χ3v) is 15.6. The number of hydrogen-bond acceptors (Lipinski definition) is 14. The Labute approximate surface area is 398 Å². The van der Waals surface area contributed by atoms with Gasteiger partial charge in [-0.05, 0) is 132 Å². The number of pyridine rings is 2. The molecule has 0 spiro atoms. The zero-order valence-electron chi connectivity index (χ0n) is 39.8. The molecule has 360 valence electrons.